The van der Waals surface area contributed by atoms with Gasteiger partial charge in [-0.05, 0) is 12.5 Å². The third-order valence-electron chi connectivity index (χ3n) is 7.28. The molecule has 1 aliphatic heterocycles. The van der Waals surface area contributed by atoms with Gasteiger partial charge in [-0.1, -0.05) is 53.5 Å². The highest BCUT2D eigenvalue weighted by atomic mass is 35.5. The molecule has 4 aromatic rings. The molecule has 0 bridgehead atoms. The summed E-state index contributed by atoms with van der Waals surface area (Å²) in [5.41, 5.74) is 1.54. The molecule has 1 saturated heterocycles. The number of aromatic nitrogens is 4. The van der Waals surface area contributed by atoms with Crippen molar-refractivity contribution in [1.82, 2.24) is 29.7 Å². The Labute approximate surface area is 262 Å². The first-order chi connectivity index (χ1) is 21.1. The van der Waals surface area contributed by atoms with Gasteiger partial charge in [0, 0.05) is 62.5 Å². The summed E-state index contributed by atoms with van der Waals surface area (Å²) in [6.45, 7) is 1.00. The summed E-state index contributed by atoms with van der Waals surface area (Å²) in [5, 5.41) is 9.42. The molecular weight excluding hydrogens is 609 g/mol. The van der Waals surface area contributed by atoms with Gasteiger partial charge in [0.15, 0.2) is 0 Å². The molecule has 3 N–H and O–H groups in total. The second-order valence-corrected chi connectivity index (χ2v) is 11.0. The molecule has 3 heterocycles. The topological polar surface area (TPSA) is 149 Å². The van der Waals surface area contributed by atoms with Crippen LogP contribution in [0.25, 0.3) is 22.4 Å². The molecule has 2 aromatic heterocycles. The van der Waals surface area contributed by atoms with Gasteiger partial charge < -0.3 is 25.3 Å². The number of rotatable bonds is 9. The zero-order valence-electron chi connectivity index (χ0n) is 24.1. The molecule has 2 amide bonds. The van der Waals surface area contributed by atoms with E-state index in [1.165, 1.54) is 27.4 Å². The SMILES string of the molecule is COc1nc(-c2cccc(-c3cccc(NC(=O)c4cn(C)c(=O)n(C)c4=O)c3Cl)c2Cl)cnc1CNC[C@@H]1CCC(=O)N1. The Balaban J connectivity index is 1.40. The van der Waals surface area contributed by atoms with E-state index < -0.39 is 17.2 Å². The van der Waals surface area contributed by atoms with Gasteiger partial charge in [-0.2, -0.15) is 0 Å². The summed E-state index contributed by atoms with van der Waals surface area (Å²) in [6, 6.07) is 10.5. The summed E-state index contributed by atoms with van der Waals surface area (Å²) in [6.07, 6.45) is 4.11. The fourth-order valence-electron chi connectivity index (χ4n) is 4.93. The second kappa shape index (κ2) is 13.0. The van der Waals surface area contributed by atoms with Gasteiger partial charge in [0.1, 0.15) is 11.3 Å². The number of halogens is 2. The number of hydrogen-bond donors (Lipinski definition) is 3. The van der Waals surface area contributed by atoms with Crippen molar-refractivity contribution in [2.24, 2.45) is 14.1 Å². The zero-order valence-corrected chi connectivity index (χ0v) is 25.6. The minimum absolute atomic E-state index is 0.0591. The van der Waals surface area contributed by atoms with E-state index in [0.717, 1.165) is 15.6 Å². The first kappa shape index (κ1) is 30.9. The zero-order chi connectivity index (χ0) is 31.5. The average molecular weight is 639 g/mol. The summed E-state index contributed by atoms with van der Waals surface area (Å²) in [5.74, 6) is -0.326. The minimum atomic E-state index is -0.728. The van der Waals surface area contributed by atoms with Gasteiger partial charge in [-0.15, -0.1) is 0 Å². The predicted octanol–water partition coefficient (Wildman–Crippen LogP) is 3.14. The monoisotopic (exact) mass is 637 g/mol. The predicted molar refractivity (Wildman–Crippen MR) is 167 cm³/mol. The van der Waals surface area contributed by atoms with E-state index in [2.05, 4.69) is 25.9 Å². The molecule has 228 valence electrons. The highest BCUT2D eigenvalue weighted by Gasteiger charge is 2.22. The van der Waals surface area contributed by atoms with Crippen molar-refractivity contribution >= 4 is 40.7 Å². The largest absolute Gasteiger partial charge is 0.480 e. The number of nitrogens with zero attached hydrogens (tertiary/aromatic N) is 4. The van der Waals surface area contributed by atoms with Gasteiger partial charge in [0.05, 0.1) is 34.7 Å². The number of nitrogens with one attached hydrogen (secondary N) is 3. The summed E-state index contributed by atoms with van der Waals surface area (Å²) < 4.78 is 7.52. The molecule has 1 aliphatic rings. The van der Waals surface area contributed by atoms with Crippen LogP contribution in [0, 0.1) is 0 Å². The lowest BCUT2D eigenvalue weighted by molar-refractivity contribution is -0.119. The normalized spacial score (nSPS) is 14.4. The molecule has 0 radical (unpaired) electrons. The van der Waals surface area contributed by atoms with Crippen molar-refractivity contribution in [2.75, 3.05) is 19.0 Å². The smallest absolute Gasteiger partial charge is 0.330 e. The fraction of sp³-hybridized carbons (Fsp3) is 0.267. The Bertz CT molecular complexity index is 1890. The number of carbonyl (C=O) groups is 2. The standard InChI is InChI=1S/C30H29Cl2N7O5/c1-38-15-20(29(42)39(2)30(38)43)27(41)36-21-9-5-7-18(26(21)32)17-6-4-8-19(25(17)31)22-14-34-23(28(37-22)44-3)13-33-12-16-10-11-24(40)35-16/h4-9,14-16,33H,10-13H2,1-3H3,(H,35,40)(H,36,41)/t16-/m0/s1. The molecule has 0 spiro atoms. The third kappa shape index (κ3) is 6.23. The van der Waals surface area contributed by atoms with Crippen LogP contribution in [0.2, 0.25) is 10.0 Å². The van der Waals surface area contributed by atoms with Gasteiger partial charge in [-0.25, -0.2) is 9.78 Å². The van der Waals surface area contributed by atoms with Crippen LogP contribution in [0.4, 0.5) is 5.69 Å². The van der Waals surface area contributed by atoms with E-state index in [-0.39, 0.29) is 28.2 Å². The number of carbonyl (C=O) groups excluding carboxylic acids is 2. The molecule has 2 aromatic carbocycles. The fourth-order valence-corrected chi connectivity index (χ4v) is 5.53. The van der Waals surface area contributed by atoms with Gasteiger partial charge in [0.2, 0.25) is 11.8 Å². The first-order valence-electron chi connectivity index (χ1n) is 13.6. The van der Waals surface area contributed by atoms with Crippen LogP contribution in [0.15, 0.2) is 58.4 Å². The first-order valence-corrected chi connectivity index (χ1v) is 14.4. The van der Waals surface area contributed by atoms with Crippen LogP contribution in [0.1, 0.15) is 28.9 Å². The maximum atomic E-state index is 13.0. The van der Waals surface area contributed by atoms with Crippen LogP contribution in [0.5, 0.6) is 5.88 Å². The molecule has 44 heavy (non-hydrogen) atoms. The van der Waals surface area contributed by atoms with Crippen LogP contribution in [-0.4, -0.2) is 50.6 Å². The van der Waals surface area contributed by atoms with Crippen LogP contribution < -0.4 is 31.9 Å². The van der Waals surface area contributed by atoms with Gasteiger partial charge in [-0.3, -0.25) is 23.9 Å². The molecule has 12 nitrogen and oxygen atoms in total. The lowest BCUT2D eigenvalue weighted by atomic mass is 10.0. The van der Waals surface area contributed by atoms with Crippen molar-refractivity contribution in [3.05, 3.63) is 90.9 Å². The lowest BCUT2D eigenvalue weighted by Gasteiger charge is -2.15. The van der Waals surface area contributed by atoms with Crippen molar-refractivity contribution in [2.45, 2.75) is 25.4 Å². The second-order valence-electron chi connectivity index (χ2n) is 10.2. The molecule has 0 unspecified atom stereocenters. The molecule has 5 rings (SSSR count). The van der Waals surface area contributed by atoms with Crippen LogP contribution >= 0.6 is 23.2 Å². The number of hydrogen-bond acceptors (Lipinski definition) is 8. The van der Waals surface area contributed by atoms with E-state index in [9.17, 15) is 19.2 Å². The Morgan fingerprint density at radius 1 is 1.07 bits per heavy atom. The number of aryl methyl sites for hydroxylation is 1. The van der Waals surface area contributed by atoms with Crippen molar-refractivity contribution < 1.29 is 14.3 Å². The maximum absolute atomic E-state index is 13.0. The Kier molecular flexibility index (Phi) is 9.14. The van der Waals surface area contributed by atoms with Crippen molar-refractivity contribution in [1.29, 1.82) is 0 Å². The van der Waals surface area contributed by atoms with E-state index >= 15 is 0 Å². The Morgan fingerprint density at radius 3 is 2.48 bits per heavy atom. The summed E-state index contributed by atoms with van der Waals surface area (Å²) in [4.78, 5) is 58.2. The molecular formula is C30H29Cl2N7O5. The number of ether oxygens (including phenoxy) is 1. The molecule has 1 atom stereocenters. The van der Waals surface area contributed by atoms with Crippen molar-refractivity contribution in [3.63, 3.8) is 0 Å². The number of methoxy groups -OCH3 is 1. The molecule has 0 saturated carbocycles. The van der Waals surface area contributed by atoms with E-state index in [1.54, 1.807) is 42.6 Å². The summed E-state index contributed by atoms with van der Waals surface area (Å²) >= 11 is 13.7. The molecule has 1 fully saturated rings. The van der Waals surface area contributed by atoms with E-state index in [1.807, 2.05) is 0 Å². The summed E-state index contributed by atoms with van der Waals surface area (Å²) in [7, 11) is 4.26. The van der Waals surface area contributed by atoms with E-state index in [4.69, 9.17) is 27.9 Å². The van der Waals surface area contributed by atoms with E-state index in [0.29, 0.717) is 58.5 Å². The highest BCUT2D eigenvalue weighted by Crippen LogP contribution is 2.41. The number of anilines is 1. The Hall–Kier alpha value is -4.52. The maximum Gasteiger partial charge on any atom is 0.330 e. The van der Waals surface area contributed by atoms with Crippen molar-refractivity contribution in [3.8, 4) is 28.3 Å². The van der Waals surface area contributed by atoms with Crippen LogP contribution in [0.3, 0.4) is 0 Å². The Morgan fingerprint density at radius 2 is 1.77 bits per heavy atom. The number of benzene rings is 2. The van der Waals surface area contributed by atoms with Crippen LogP contribution in [-0.2, 0) is 25.4 Å². The third-order valence-corrected chi connectivity index (χ3v) is 8.09. The van der Waals surface area contributed by atoms with Gasteiger partial charge >= 0.3 is 5.69 Å². The molecule has 14 heteroatoms. The minimum Gasteiger partial charge on any atom is -0.480 e. The van der Waals surface area contributed by atoms with Gasteiger partial charge in [0.25, 0.3) is 11.5 Å². The molecule has 0 aliphatic carbocycles. The highest BCUT2D eigenvalue weighted by molar-refractivity contribution is 6.39. The lowest BCUT2D eigenvalue weighted by Crippen LogP contribution is -2.40. The quantitative estimate of drug-likeness (QED) is 0.253. The number of amides is 2. The average Bonchev–Trinajstić information content (AvgIpc) is 3.44.